The minimum Gasteiger partial charge on any atom is -0.353 e. The van der Waals surface area contributed by atoms with Crippen molar-refractivity contribution < 1.29 is 14.3 Å². The van der Waals surface area contributed by atoms with Gasteiger partial charge in [0.05, 0.1) is 0 Å². The molecule has 0 aliphatic carbocycles. The zero-order valence-electron chi connectivity index (χ0n) is 6.66. The number of carbonyl (C=O) groups excluding carboxylic acids is 1. The standard InChI is InChI=1S/C7H14O3/c1-4-9-7(3)10-6(2)5-8/h5-7H,4H2,1-3H3/t6-,7-/m0/s1. The fourth-order valence-corrected chi connectivity index (χ4v) is 0.608. The van der Waals surface area contributed by atoms with Crippen molar-refractivity contribution in [2.24, 2.45) is 0 Å². The maximum absolute atomic E-state index is 10.1. The molecule has 0 aromatic carbocycles. The van der Waals surface area contributed by atoms with Crippen LogP contribution in [-0.4, -0.2) is 25.3 Å². The van der Waals surface area contributed by atoms with Crippen molar-refractivity contribution >= 4 is 6.29 Å². The van der Waals surface area contributed by atoms with Gasteiger partial charge in [0.1, 0.15) is 12.4 Å². The van der Waals surface area contributed by atoms with Crippen LogP contribution in [0.2, 0.25) is 0 Å². The predicted molar refractivity (Wildman–Crippen MR) is 37.7 cm³/mol. The normalized spacial score (nSPS) is 16.3. The van der Waals surface area contributed by atoms with Gasteiger partial charge in [-0.1, -0.05) is 0 Å². The molecule has 0 N–H and O–H groups in total. The zero-order valence-corrected chi connectivity index (χ0v) is 6.66. The first-order valence-electron chi connectivity index (χ1n) is 3.43. The second-order valence-electron chi connectivity index (χ2n) is 2.00. The molecular formula is C7H14O3. The van der Waals surface area contributed by atoms with Gasteiger partial charge in [0, 0.05) is 6.61 Å². The molecule has 0 amide bonds. The summed E-state index contributed by atoms with van der Waals surface area (Å²) in [6.45, 7) is 5.93. The van der Waals surface area contributed by atoms with Crippen molar-refractivity contribution in [3.8, 4) is 0 Å². The van der Waals surface area contributed by atoms with Crippen molar-refractivity contribution in [3.05, 3.63) is 0 Å². The largest absolute Gasteiger partial charge is 0.353 e. The molecular weight excluding hydrogens is 132 g/mol. The lowest BCUT2D eigenvalue weighted by molar-refractivity contribution is -0.158. The summed E-state index contributed by atoms with van der Waals surface area (Å²) < 4.78 is 10.1. The molecule has 2 atom stereocenters. The minimum atomic E-state index is -0.374. The minimum absolute atomic E-state index is 0.287. The van der Waals surface area contributed by atoms with Crippen LogP contribution in [0, 0.1) is 0 Å². The van der Waals surface area contributed by atoms with Crippen LogP contribution in [0.5, 0.6) is 0 Å². The van der Waals surface area contributed by atoms with Gasteiger partial charge in [-0.15, -0.1) is 0 Å². The van der Waals surface area contributed by atoms with Crippen molar-refractivity contribution in [1.82, 2.24) is 0 Å². The van der Waals surface area contributed by atoms with E-state index in [1.54, 1.807) is 13.8 Å². The van der Waals surface area contributed by atoms with E-state index < -0.39 is 0 Å². The molecule has 0 spiro atoms. The average molecular weight is 146 g/mol. The molecule has 0 aliphatic rings. The van der Waals surface area contributed by atoms with Gasteiger partial charge in [-0.2, -0.15) is 0 Å². The number of hydrogen-bond acceptors (Lipinski definition) is 3. The lowest BCUT2D eigenvalue weighted by Gasteiger charge is -2.14. The molecule has 0 saturated carbocycles. The van der Waals surface area contributed by atoms with Crippen LogP contribution >= 0.6 is 0 Å². The molecule has 0 aromatic heterocycles. The topological polar surface area (TPSA) is 35.5 Å². The van der Waals surface area contributed by atoms with E-state index in [4.69, 9.17) is 9.47 Å². The van der Waals surface area contributed by atoms with Gasteiger partial charge in [0.25, 0.3) is 0 Å². The lowest BCUT2D eigenvalue weighted by atomic mass is 10.4. The highest BCUT2D eigenvalue weighted by Gasteiger charge is 2.05. The summed E-state index contributed by atoms with van der Waals surface area (Å²) in [5.41, 5.74) is 0. The maximum atomic E-state index is 10.1. The summed E-state index contributed by atoms with van der Waals surface area (Å²) in [5.74, 6) is 0. The van der Waals surface area contributed by atoms with Gasteiger partial charge in [-0.05, 0) is 20.8 Å². The molecule has 0 heterocycles. The molecule has 3 nitrogen and oxygen atoms in total. The summed E-state index contributed by atoms with van der Waals surface area (Å²) in [5, 5.41) is 0. The molecule has 60 valence electrons. The van der Waals surface area contributed by atoms with E-state index in [0.29, 0.717) is 6.61 Å². The fourth-order valence-electron chi connectivity index (χ4n) is 0.608. The fraction of sp³-hybridized carbons (Fsp3) is 0.857. The Labute approximate surface area is 61.3 Å². The van der Waals surface area contributed by atoms with E-state index >= 15 is 0 Å². The highest BCUT2D eigenvalue weighted by Crippen LogP contribution is 1.96. The Balaban J connectivity index is 3.36. The molecule has 0 bridgehead atoms. The van der Waals surface area contributed by atoms with Crippen molar-refractivity contribution in [3.63, 3.8) is 0 Å². The number of aldehydes is 1. The molecule has 0 aromatic rings. The first kappa shape index (κ1) is 9.59. The molecule has 0 saturated heterocycles. The summed E-state index contributed by atoms with van der Waals surface area (Å²) in [7, 11) is 0. The highest BCUT2D eigenvalue weighted by atomic mass is 16.7. The SMILES string of the molecule is CCO[C@H](C)O[C@@H](C)C=O. The Morgan fingerprint density at radius 3 is 2.50 bits per heavy atom. The third-order valence-electron chi connectivity index (χ3n) is 0.999. The van der Waals surface area contributed by atoms with Gasteiger partial charge in [0.15, 0.2) is 6.29 Å². The van der Waals surface area contributed by atoms with Crippen molar-refractivity contribution in [2.75, 3.05) is 6.61 Å². The Hall–Kier alpha value is -0.410. The highest BCUT2D eigenvalue weighted by molar-refractivity contribution is 5.55. The molecule has 0 unspecified atom stereocenters. The second kappa shape index (κ2) is 5.38. The molecule has 0 fully saturated rings. The molecule has 0 radical (unpaired) electrons. The van der Waals surface area contributed by atoms with Gasteiger partial charge < -0.3 is 14.3 Å². The average Bonchev–Trinajstić information content (AvgIpc) is 1.88. The third-order valence-corrected chi connectivity index (χ3v) is 0.999. The van der Waals surface area contributed by atoms with Crippen LogP contribution in [-0.2, 0) is 14.3 Å². The summed E-state index contributed by atoms with van der Waals surface area (Å²) in [4.78, 5) is 10.1. The van der Waals surface area contributed by atoms with E-state index in [1.807, 2.05) is 6.92 Å². The van der Waals surface area contributed by atoms with Gasteiger partial charge in [-0.25, -0.2) is 0 Å². The number of ether oxygens (including phenoxy) is 2. The Morgan fingerprint density at radius 1 is 1.50 bits per heavy atom. The Morgan fingerprint density at radius 2 is 2.10 bits per heavy atom. The molecule has 3 heteroatoms. The number of carbonyl (C=O) groups is 1. The van der Waals surface area contributed by atoms with Crippen LogP contribution in [0.15, 0.2) is 0 Å². The van der Waals surface area contributed by atoms with E-state index in [9.17, 15) is 4.79 Å². The van der Waals surface area contributed by atoms with Gasteiger partial charge in [-0.3, -0.25) is 0 Å². The van der Waals surface area contributed by atoms with E-state index in [0.717, 1.165) is 6.29 Å². The van der Waals surface area contributed by atoms with E-state index in [-0.39, 0.29) is 12.4 Å². The zero-order chi connectivity index (χ0) is 7.98. The summed E-state index contributed by atoms with van der Waals surface area (Å²) in [6.07, 6.45) is 0.0851. The first-order valence-corrected chi connectivity index (χ1v) is 3.43. The van der Waals surface area contributed by atoms with Crippen molar-refractivity contribution in [2.45, 2.75) is 33.2 Å². The third kappa shape index (κ3) is 4.47. The number of rotatable bonds is 5. The quantitative estimate of drug-likeness (QED) is 0.428. The molecule has 0 rings (SSSR count). The Kier molecular flexibility index (Phi) is 5.16. The smallest absolute Gasteiger partial charge is 0.155 e. The van der Waals surface area contributed by atoms with E-state index in [1.165, 1.54) is 0 Å². The Bertz CT molecular complexity index is 92.9. The summed E-state index contributed by atoms with van der Waals surface area (Å²) >= 11 is 0. The van der Waals surface area contributed by atoms with Gasteiger partial charge in [0.2, 0.25) is 0 Å². The van der Waals surface area contributed by atoms with Gasteiger partial charge >= 0.3 is 0 Å². The van der Waals surface area contributed by atoms with Crippen LogP contribution in [0.4, 0.5) is 0 Å². The lowest BCUT2D eigenvalue weighted by Crippen LogP contribution is -2.20. The van der Waals surface area contributed by atoms with Crippen LogP contribution < -0.4 is 0 Å². The van der Waals surface area contributed by atoms with Crippen LogP contribution in [0.3, 0.4) is 0 Å². The van der Waals surface area contributed by atoms with Crippen LogP contribution in [0.25, 0.3) is 0 Å². The van der Waals surface area contributed by atoms with Crippen molar-refractivity contribution in [1.29, 1.82) is 0 Å². The maximum Gasteiger partial charge on any atom is 0.155 e. The van der Waals surface area contributed by atoms with E-state index in [2.05, 4.69) is 0 Å². The molecule has 10 heavy (non-hydrogen) atoms. The summed E-state index contributed by atoms with van der Waals surface area (Å²) in [6, 6.07) is 0. The second-order valence-corrected chi connectivity index (χ2v) is 2.00. The number of hydrogen-bond donors (Lipinski definition) is 0. The predicted octanol–water partition coefficient (Wildman–Crippen LogP) is 0.973. The monoisotopic (exact) mass is 146 g/mol. The van der Waals surface area contributed by atoms with Crippen LogP contribution in [0.1, 0.15) is 20.8 Å². The first-order chi connectivity index (χ1) is 4.70. The molecule has 0 aliphatic heterocycles.